The number of carbonyl (C=O) groups excluding carboxylic acids is 1. The summed E-state index contributed by atoms with van der Waals surface area (Å²) >= 11 is 0. The van der Waals surface area contributed by atoms with Crippen molar-refractivity contribution < 1.29 is 9.53 Å². The Morgan fingerprint density at radius 2 is 2.09 bits per heavy atom. The zero-order valence-electron chi connectivity index (χ0n) is 13.2. The van der Waals surface area contributed by atoms with Gasteiger partial charge in [0.1, 0.15) is 11.5 Å². The molecule has 2 atom stereocenters. The average molecular weight is 311 g/mol. The second kappa shape index (κ2) is 7.24. The summed E-state index contributed by atoms with van der Waals surface area (Å²) in [7, 11) is 0. The van der Waals surface area contributed by atoms with Crippen LogP contribution in [0.4, 0.5) is 0 Å². The molecule has 1 aliphatic rings. The number of ether oxygens (including phenoxy) is 1. The first-order valence-electron chi connectivity index (χ1n) is 7.92. The standard InChI is InChI=1S/C18H21N3O2/c1-13-12-20-10-7-17(13)21-18(22)14-3-2-4-16(11-14)23-15-5-8-19-9-6-15/h2-6,8-9,11,13,17,20H,7,10,12H2,1H3,(H,21,22). The van der Waals surface area contributed by atoms with E-state index < -0.39 is 0 Å². The van der Waals surface area contributed by atoms with E-state index in [9.17, 15) is 4.79 Å². The molecular formula is C18H21N3O2. The Hall–Kier alpha value is -2.40. The van der Waals surface area contributed by atoms with Crippen LogP contribution in [0, 0.1) is 5.92 Å². The van der Waals surface area contributed by atoms with E-state index in [1.165, 1.54) is 0 Å². The van der Waals surface area contributed by atoms with E-state index in [4.69, 9.17) is 4.74 Å². The molecule has 2 heterocycles. The van der Waals surface area contributed by atoms with Crippen molar-refractivity contribution in [3.63, 3.8) is 0 Å². The van der Waals surface area contributed by atoms with Crippen molar-refractivity contribution >= 4 is 5.91 Å². The number of nitrogens with zero attached hydrogens (tertiary/aromatic N) is 1. The Balaban J connectivity index is 1.67. The lowest BCUT2D eigenvalue weighted by molar-refractivity contribution is 0.0914. The van der Waals surface area contributed by atoms with E-state index in [1.54, 1.807) is 36.7 Å². The third-order valence-electron chi connectivity index (χ3n) is 4.08. The van der Waals surface area contributed by atoms with Crippen LogP contribution in [0.3, 0.4) is 0 Å². The van der Waals surface area contributed by atoms with E-state index >= 15 is 0 Å². The lowest BCUT2D eigenvalue weighted by Gasteiger charge is -2.30. The summed E-state index contributed by atoms with van der Waals surface area (Å²) in [5.74, 6) is 1.72. The molecular weight excluding hydrogens is 290 g/mol. The fourth-order valence-electron chi connectivity index (χ4n) is 2.72. The molecule has 5 heteroatoms. The Kier molecular flexibility index (Phi) is 4.88. The number of benzene rings is 1. The van der Waals surface area contributed by atoms with Gasteiger partial charge in [-0.3, -0.25) is 9.78 Å². The Morgan fingerprint density at radius 3 is 2.87 bits per heavy atom. The number of carbonyl (C=O) groups is 1. The SMILES string of the molecule is CC1CNCCC1NC(=O)c1cccc(Oc2ccncc2)c1. The van der Waals surface area contributed by atoms with Crippen molar-refractivity contribution in [2.75, 3.05) is 13.1 Å². The maximum absolute atomic E-state index is 12.5. The van der Waals surface area contributed by atoms with Crippen LogP contribution in [-0.2, 0) is 0 Å². The van der Waals surface area contributed by atoms with Crippen molar-refractivity contribution in [1.82, 2.24) is 15.6 Å². The van der Waals surface area contributed by atoms with Gasteiger partial charge in [0, 0.05) is 24.0 Å². The first kappa shape index (κ1) is 15.5. The first-order chi connectivity index (χ1) is 11.2. The largest absolute Gasteiger partial charge is 0.457 e. The summed E-state index contributed by atoms with van der Waals surface area (Å²) in [6.07, 6.45) is 4.30. The monoisotopic (exact) mass is 311 g/mol. The second-order valence-electron chi connectivity index (χ2n) is 5.86. The lowest BCUT2D eigenvalue weighted by Crippen LogP contribution is -2.48. The number of hydrogen-bond acceptors (Lipinski definition) is 4. The molecule has 0 saturated carbocycles. The molecule has 5 nitrogen and oxygen atoms in total. The van der Waals surface area contributed by atoms with E-state index in [1.807, 2.05) is 12.1 Å². The molecule has 120 valence electrons. The van der Waals surface area contributed by atoms with Gasteiger partial charge in [0.2, 0.25) is 0 Å². The van der Waals surface area contributed by atoms with Crippen LogP contribution < -0.4 is 15.4 Å². The summed E-state index contributed by atoms with van der Waals surface area (Å²) in [5, 5.41) is 6.47. The Labute approximate surface area is 136 Å². The Bertz CT molecular complexity index is 660. The molecule has 1 amide bonds. The average Bonchev–Trinajstić information content (AvgIpc) is 2.58. The normalized spacial score (nSPS) is 20.7. The zero-order chi connectivity index (χ0) is 16.1. The molecule has 1 aromatic carbocycles. The van der Waals surface area contributed by atoms with Gasteiger partial charge in [0.15, 0.2) is 0 Å². The highest BCUT2D eigenvalue weighted by atomic mass is 16.5. The fourth-order valence-corrected chi connectivity index (χ4v) is 2.72. The quantitative estimate of drug-likeness (QED) is 0.911. The maximum Gasteiger partial charge on any atom is 0.251 e. The van der Waals surface area contributed by atoms with Crippen LogP contribution >= 0.6 is 0 Å². The van der Waals surface area contributed by atoms with Gasteiger partial charge in [-0.15, -0.1) is 0 Å². The van der Waals surface area contributed by atoms with E-state index in [-0.39, 0.29) is 11.9 Å². The molecule has 2 aromatic rings. The van der Waals surface area contributed by atoms with Crippen molar-refractivity contribution in [2.24, 2.45) is 5.92 Å². The number of rotatable bonds is 4. The maximum atomic E-state index is 12.5. The van der Waals surface area contributed by atoms with Gasteiger partial charge in [-0.2, -0.15) is 0 Å². The molecule has 1 saturated heterocycles. The van der Waals surface area contributed by atoms with Gasteiger partial charge in [-0.1, -0.05) is 13.0 Å². The molecule has 1 aliphatic heterocycles. The van der Waals surface area contributed by atoms with Crippen LogP contribution in [0.25, 0.3) is 0 Å². The summed E-state index contributed by atoms with van der Waals surface area (Å²) in [6, 6.07) is 11.0. The van der Waals surface area contributed by atoms with Gasteiger partial charge >= 0.3 is 0 Å². The molecule has 0 radical (unpaired) electrons. The molecule has 0 spiro atoms. The lowest BCUT2D eigenvalue weighted by atomic mass is 9.95. The highest BCUT2D eigenvalue weighted by molar-refractivity contribution is 5.94. The zero-order valence-corrected chi connectivity index (χ0v) is 13.2. The van der Waals surface area contributed by atoms with Gasteiger partial charge in [-0.05, 0) is 55.8 Å². The molecule has 23 heavy (non-hydrogen) atoms. The summed E-state index contributed by atoms with van der Waals surface area (Å²) < 4.78 is 5.75. The highest BCUT2D eigenvalue weighted by Crippen LogP contribution is 2.21. The van der Waals surface area contributed by atoms with Crippen LogP contribution in [0.15, 0.2) is 48.8 Å². The van der Waals surface area contributed by atoms with E-state index in [2.05, 4.69) is 22.5 Å². The number of amides is 1. The third kappa shape index (κ3) is 4.07. The first-order valence-corrected chi connectivity index (χ1v) is 7.92. The minimum atomic E-state index is -0.0519. The van der Waals surface area contributed by atoms with Crippen LogP contribution in [0.5, 0.6) is 11.5 Å². The number of aromatic nitrogens is 1. The highest BCUT2D eigenvalue weighted by Gasteiger charge is 2.23. The van der Waals surface area contributed by atoms with Crippen molar-refractivity contribution in [1.29, 1.82) is 0 Å². The Morgan fingerprint density at radius 1 is 1.26 bits per heavy atom. The number of piperidine rings is 1. The smallest absolute Gasteiger partial charge is 0.251 e. The number of pyridine rings is 1. The third-order valence-corrected chi connectivity index (χ3v) is 4.08. The molecule has 2 N–H and O–H groups in total. The van der Waals surface area contributed by atoms with Crippen molar-refractivity contribution in [3.8, 4) is 11.5 Å². The van der Waals surface area contributed by atoms with Crippen LogP contribution in [0.1, 0.15) is 23.7 Å². The summed E-state index contributed by atoms with van der Waals surface area (Å²) in [5.41, 5.74) is 0.613. The van der Waals surface area contributed by atoms with Gasteiger partial charge < -0.3 is 15.4 Å². The van der Waals surface area contributed by atoms with Gasteiger partial charge in [0.25, 0.3) is 5.91 Å². The predicted molar refractivity (Wildman–Crippen MR) is 88.7 cm³/mol. The molecule has 1 aromatic heterocycles. The summed E-state index contributed by atoms with van der Waals surface area (Å²) in [6.45, 7) is 4.04. The topological polar surface area (TPSA) is 63.2 Å². The minimum absolute atomic E-state index is 0.0519. The predicted octanol–water partition coefficient (Wildman–Crippen LogP) is 2.60. The summed E-state index contributed by atoms with van der Waals surface area (Å²) in [4.78, 5) is 16.4. The van der Waals surface area contributed by atoms with Crippen LogP contribution in [0.2, 0.25) is 0 Å². The molecule has 3 rings (SSSR count). The molecule has 1 fully saturated rings. The van der Waals surface area contributed by atoms with E-state index in [0.29, 0.717) is 23.0 Å². The molecule has 0 bridgehead atoms. The number of nitrogens with one attached hydrogen (secondary N) is 2. The molecule has 2 unspecified atom stereocenters. The van der Waals surface area contributed by atoms with Crippen molar-refractivity contribution in [3.05, 3.63) is 54.4 Å². The van der Waals surface area contributed by atoms with Gasteiger partial charge in [-0.25, -0.2) is 0 Å². The van der Waals surface area contributed by atoms with Crippen LogP contribution in [-0.4, -0.2) is 30.0 Å². The minimum Gasteiger partial charge on any atom is -0.457 e. The van der Waals surface area contributed by atoms with Crippen molar-refractivity contribution in [2.45, 2.75) is 19.4 Å². The molecule has 0 aliphatic carbocycles. The number of hydrogen-bond donors (Lipinski definition) is 2. The second-order valence-corrected chi connectivity index (χ2v) is 5.86. The fraction of sp³-hybridized carbons (Fsp3) is 0.333. The van der Waals surface area contributed by atoms with E-state index in [0.717, 1.165) is 19.5 Å². The van der Waals surface area contributed by atoms with Gasteiger partial charge in [0.05, 0.1) is 0 Å².